The van der Waals surface area contributed by atoms with E-state index in [-0.39, 0.29) is 18.6 Å². The summed E-state index contributed by atoms with van der Waals surface area (Å²) in [5.41, 5.74) is -1.47. The van der Waals surface area contributed by atoms with E-state index in [4.69, 9.17) is 9.15 Å². The highest BCUT2D eigenvalue weighted by atomic mass is 16.5. The Morgan fingerprint density at radius 2 is 2.14 bits per heavy atom. The number of amides is 1. The molecule has 1 saturated carbocycles. The number of ether oxygens (including phenoxy) is 2. The SMILES string of the molecule is COC(=O)NC(c1ccco1)C1(C(=O)OC)CCCC1=O. The number of carbonyl (C=O) groups is 3. The van der Waals surface area contributed by atoms with Crippen molar-refractivity contribution in [1.82, 2.24) is 5.32 Å². The number of rotatable bonds is 4. The van der Waals surface area contributed by atoms with E-state index in [0.29, 0.717) is 12.2 Å². The fourth-order valence-electron chi connectivity index (χ4n) is 2.78. The van der Waals surface area contributed by atoms with Gasteiger partial charge in [0.05, 0.1) is 20.5 Å². The Kier molecular flexibility index (Phi) is 4.30. The summed E-state index contributed by atoms with van der Waals surface area (Å²) in [6.07, 6.45) is 1.75. The van der Waals surface area contributed by atoms with E-state index in [1.54, 1.807) is 12.1 Å². The minimum Gasteiger partial charge on any atom is -0.468 e. The molecule has 7 heteroatoms. The van der Waals surface area contributed by atoms with Crippen molar-refractivity contribution < 1.29 is 28.3 Å². The molecule has 1 aliphatic carbocycles. The van der Waals surface area contributed by atoms with Crippen LogP contribution in [0, 0.1) is 5.41 Å². The van der Waals surface area contributed by atoms with E-state index < -0.39 is 23.5 Å². The lowest BCUT2D eigenvalue weighted by molar-refractivity contribution is -0.159. The minimum atomic E-state index is -1.47. The van der Waals surface area contributed by atoms with Crippen LogP contribution in [-0.4, -0.2) is 32.1 Å². The molecule has 0 aliphatic heterocycles. The Labute approximate surface area is 121 Å². The summed E-state index contributed by atoms with van der Waals surface area (Å²) in [6, 6.07) is 2.25. The van der Waals surface area contributed by atoms with E-state index in [9.17, 15) is 14.4 Å². The first-order valence-electron chi connectivity index (χ1n) is 6.56. The maximum Gasteiger partial charge on any atom is 0.407 e. The molecule has 1 aromatic heterocycles. The zero-order valence-electron chi connectivity index (χ0n) is 11.9. The molecule has 0 saturated heterocycles. The van der Waals surface area contributed by atoms with Crippen LogP contribution in [-0.2, 0) is 19.1 Å². The largest absolute Gasteiger partial charge is 0.468 e. The molecule has 0 bridgehead atoms. The van der Waals surface area contributed by atoms with E-state index >= 15 is 0 Å². The summed E-state index contributed by atoms with van der Waals surface area (Å²) in [4.78, 5) is 36.2. The molecule has 0 spiro atoms. The summed E-state index contributed by atoms with van der Waals surface area (Å²) in [5.74, 6) is -0.643. The van der Waals surface area contributed by atoms with Gasteiger partial charge < -0.3 is 19.2 Å². The number of Topliss-reactive ketones (excluding diaryl/α,β-unsaturated/α-hetero) is 1. The first-order chi connectivity index (χ1) is 10.1. The van der Waals surface area contributed by atoms with Crippen molar-refractivity contribution in [2.75, 3.05) is 14.2 Å². The first kappa shape index (κ1) is 15.1. The fourth-order valence-corrected chi connectivity index (χ4v) is 2.78. The maximum absolute atomic E-state index is 12.4. The molecule has 0 aromatic carbocycles. The lowest BCUT2D eigenvalue weighted by Crippen LogP contribution is -2.49. The van der Waals surface area contributed by atoms with Gasteiger partial charge in [-0.2, -0.15) is 0 Å². The molecule has 2 unspecified atom stereocenters. The quantitative estimate of drug-likeness (QED) is 0.669. The third-order valence-electron chi connectivity index (χ3n) is 3.79. The van der Waals surface area contributed by atoms with Crippen molar-refractivity contribution >= 4 is 17.8 Å². The van der Waals surface area contributed by atoms with Gasteiger partial charge in [-0.3, -0.25) is 9.59 Å². The highest BCUT2D eigenvalue weighted by Gasteiger charge is 2.57. The Bertz CT molecular complexity index is 538. The molecule has 1 aromatic rings. The van der Waals surface area contributed by atoms with Gasteiger partial charge >= 0.3 is 12.1 Å². The third-order valence-corrected chi connectivity index (χ3v) is 3.79. The molecule has 1 amide bonds. The maximum atomic E-state index is 12.4. The Balaban J connectivity index is 2.47. The number of nitrogens with one attached hydrogen (secondary N) is 1. The van der Waals surface area contributed by atoms with Crippen LogP contribution >= 0.6 is 0 Å². The molecule has 1 N–H and O–H groups in total. The van der Waals surface area contributed by atoms with Crippen LogP contribution in [0.25, 0.3) is 0 Å². The zero-order valence-corrected chi connectivity index (χ0v) is 11.9. The number of esters is 1. The number of furan rings is 1. The van der Waals surface area contributed by atoms with E-state index in [1.807, 2.05) is 0 Å². The molecule has 2 rings (SSSR count). The normalized spacial score (nSPS) is 22.7. The van der Waals surface area contributed by atoms with Gasteiger partial charge in [0, 0.05) is 6.42 Å². The predicted octanol–water partition coefficient (Wildman–Crippen LogP) is 1.59. The molecule has 7 nitrogen and oxygen atoms in total. The monoisotopic (exact) mass is 295 g/mol. The fraction of sp³-hybridized carbons (Fsp3) is 0.500. The Morgan fingerprint density at radius 1 is 1.38 bits per heavy atom. The summed E-state index contributed by atoms with van der Waals surface area (Å²) in [6.45, 7) is 0. The molecule has 1 fully saturated rings. The van der Waals surface area contributed by atoms with Gasteiger partial charge in [0.25, 0.3) is 0 Å². The predicted molar refractivity (Wildman–Crippen MR) is 70.3 cm³/mol. The number of methoxy groups -OCH3 is 2. The van der Waals surface area contributed by atoms with Crippen molar-refractivity contribution in [2.45, 2.75) is 25.3 Å². The Hall–Kier alpha value is -2.31. The lowest BCUT2D eigenvalue weighted by Gasteiger charge is -2.32. The van der Waals surface area contributed by atoms with Crippen LogP contribution in [0.15, 0.2) is 22.8 Å². The number of carbonyl (C=O) groups excluding carboxylic acids is 3. The van der Waals surface area contributed by atoms with Crippen LogP contribution in [0.4, 0.5) is 4.79 Å². The number of ketones is 1. The van der Waals surface area contributed by atoms with Gasteiger partial charge in [-0.05, 0) is 25.0 Å². The van der Waals surface area contributed by atoms with Crippen molar-refractivity contribution in [2.24, 2.45) is 5.41 Å². The Morgan fingerprint density at radius 3 is 2.62 bits per heavy atom. The summed E-state index contributed by atoms with van der Waals surface area (Å²) < 4.78 is 14.7. The van der Waals surface area contributed by atoms with Gasteiger partial charge in [0.15, 0.2) is 11.2 Å². The number of hydrogen-bond acceptors (Lipinski definition) is 6. The van der Waals surface area contributed by atoms with Crippen molar-refractivity contribution in [3.63, 3.8) is 0 Å². The van der Waals surface area contributed by atoms with Crippen LogP contribution in [0.5, 0.6) is 0 Å². The molecule has 0 radical (unpaired) electrons. The average Bonchev–Trinajstić information content (AvgIpc) is 3.14. The van der Waals surface area contributed by atoms with E-state index in [1.165, 1.54) is 20.5 Å². The smallest absolute Gasteiger partial charge is 0.407 e. The van der Waals surface area contributed by atoms with Gasteiger partial charge in [-0.25, -0.2) is 4.79 Å². The number of hydrogen-bond donors (Lipinski definition) is 1. The summed E-state index contributed by atoms with van der Waals surface area (Å²) >= 11 is 0. The highest BCUT2D eigenvalue weighted by Crippen LogP contribution is 2.46. The standard InChI is InChI=1S/C14H17NO6/c1-19-12(17)14(7-3-6-10(14)16)11(15-13(18)20-2)9-5-4-8-21-9/h4-5,8,11H,3,6-7H2,1-2H3,(H,15,18). The second-order valence-electron chi connectivity index (χ2n) is 4.82. The van der Waals surface area contributed by atoms with Crippen molar-refractivity contribution in [3.8, 4) is 0 Å². The van der Waals surface area contributed by atoms with Gasteiger partial charge in [-0.15, -0.1) is 0 Å². The molecular weight excluding hydrogens is 278 g/mol. The first-order valence-corrected chi connectivity index (χ1v) is 6.56. The lowest BCUT2D eigenvalue weighted by atomic mass is 9.76. The van der Waals surface area contributed by atoms with E-state index in [2.05, 4.69) is 10.1 Å². The third kappa shape index (κ3) is 2.51. The van der Waals surface area contributed by atoms with Crippen LogP contribution in [0.2, 0.25) is 0 Å². The average molecular weight is 295 g/mol. The van der Waals surface area contributed by atoms with Crippen molar-refractivity contribution in [3.05, 3.63) is 24.2 Å². The van der Waals surface area contributed by atoms with Crippen molar-refractivity contribution in [1.29, 1.82) is 0 Å². The minimum absolute atomic E-state index is 0.259. The topological polar surface area (TPSA) is 94.8 Å². The molecule has 114 valence electrons. The zero-order chi connectivity index (χ0) is 15.5. The number of alkyl carbamates (subject to hydrolysis) is 1. The van der Waals surface area contributed by atoms with Crippen LogP contribution < -0.4 is 5.32 Å². The van der Waals surface area contributed by atoms with E-state index in [0.717, 1.165) is 0 Å². The second kappa shape index (κ2) is 5.99. The van der Waals surface area contributed by atoms with Crippen LogP contribution in [0.1, 0.15) is 31.1 Å². The van der Waals surface area contributed by atoms with Crippen LogP contribution in [0.3, 0.4) is 0 Å². The molecule has 1 aliphatic rings. The van der Waals surface area contributed by atoms with Gasteiger partial charge in [-0.1, -0.05) is 0 Å². The molecule has 21 heavy (non-hydrogen) atoms. The van der Waals surface area contributed by atoms with Gasteiger partial charge in [0.2, 0.25) is 0 Å². The molecular formula is C14H17NO6. The molecule has 1 heterocycles. The van der Waals surface area contributed by atoms with Gasteiger partial charge in [0.1, 0.15) is 11.8 Å². The highest BCUT2D eigenvalue weighted by molar-refractivity contribution is 6.06. The summed E-state index contributed by atoms with van der Waals surface area (Å²) in [5, 5.41) is 2.52. The summed E-state index contributed by atoms with van der Waals surface area (Å²) in [7, 11) is 2.42. The molecule has 2 atom stereocenters. The second-order valence-corrected chi connectivity index (χ2v) is 4.82.